The van der Waals surface area contributed by atoms with Crippen molar-refractivity contribution in [1.29, 1.82) is 0 Å². The smallest absolute Gasteiger partial charge is 0.330 e. The van der Waals surface area contributed by atoms with Gasteiger partial charge in [0.1, 0.15) is 5.78 Å². The van der Waals surface area contributed by atoms with Crippen molar-refractivity contribution < 1.29 is 24.9 Å². The molecule has 0 radical (unpaired) electrons. The van der Waals surface area contributed by atoms with Crippen molar-refractivity contribution in [2.75, 3.05) is 13.2 Å². The average Bonchev–Trinajstić information content (AvgIpc) is 2.82. The van der Waals surface area contributed by atoms with Gasteiger partial charge in [0, 0.05) is 20.9 Å². The Morgan fingerprint density at radius 3 is 1.31 bits per heavy atom. The number of ketones is 1. The molecule has 0 aromatic heterocycles. The highest BCUT2D eigenvalue weighted by atomic mass is 31.2. The van der Waals surface area contributed by atoms with E-state index in [1.807, 2.05) is 0 Å². The van der Waals surface area contributed by atoms with Crippen molar-refractivity contribution in [2.45, 2.75) is 174 Å². The number of unbranched alkanes of at least 4 members (excludes halogenated alkanes) is 17. The summed E-state index contributed by atoms with van der Waals surface area (Å²) in [6.07, 6.45) is 24.9. The number of carbonyl (C=O) groups is 1. The predicted octanol–water partition coefficient (Wildman–Crippen LogP) is 10.0. The van der Waals surface area contributed by atoms with Gasteiger partial charge in [-0.05, 0) is 39.5 Å². The standard InChI is InChI=1S/C30H61O5P.H2/c1-28(2)34-26-22-18-14-10-6-5-8-12-16-20-24-30(31)25-21-17-13-9-7-11-15-19-23-27-35-36(32,33)29(3)4;/h28-29H,5-27H2,1-4H3,(H,32,33);1H. The van der Waals surface area contributed by atoms with Gasteiger partial charge in [-0.25, -0.2) is 0 Å². The van der Waals surface area contributed by atoms with Gasteiger partial charge < -0.3 is 14.2 Å². The van der Waals surface area contributed by atoms with E-state index in [0.717, 1.165) is 51.6 Å². The maximum Gasteiger partial charge on any atom is 0.330 e. The molecule has 1 atom stereocenters. The highest BCUT2D eigenvalue weighted by Gasteiger charge is 2.23. The average molecular weight is 535 g/mol. The molecular formula is C30H63O5P. The molecule has 0 aromatic rings. The number of rotatable bonds is 28. The molecule has 36 heavy (non-hydrogen) atoms. The Balaban J connectivity index is 0. The molecule has 0 rings (SSSR count). The fourth-order valence-corrected chi connectivity index (χ4v) is 4.98. The SMILES string of the molecule is CC(C)OCCCCCCCCCCCCC(=O)CCCCCCCCCCCOP(=O)(O)C(C)C.[HH]. The second-order valence-corrected chi connectivity index (χ2v) is 13.6. The Labute approximate surface area is 225 Å². The molecule has 0 bridgehead atoms. The van der Waals surface area contributed by atoms with Crippen LogP contribution in [0.3, 0.4) is 0 Å². The van der Waals surface area contributed by atoms with E-state index in [9.17, 15) is 14.3 Å². The Bertz CT molecular complexity index is 542. The summed E-state index contributed by atoms with van der Waals surface area (Å²) in [4.78, 5) is 21.7. The molecule has 5 nitrogen and oxygen atoms in total. The third-order valence-corrected chi connectivity index (χ3v) is 8.69. The predicted molar refractivity (Wildman–Crippen MR) is 156 cm³/mol. The molecule has 0 saturated heterocycles. The molecule has 0 aliphatic rings. The molecule has 0 heterocycles. The van der Waals surface area contributed by atoms with E-state index in [1.165, 1.54) is 89.9 Å². The Hall–Kier alpha value is -0.220. The van der Waals surface area contributed by atoms with Gasteiger partial charge in [-0.15, -0.1) is 0 Å². The molecular weight excluding hydrogens is 471 g/mol. The van der Waals surface area contributed by atoms with Gasteiger partial charge in [-0.2, -0.15) is 0 Å². The maximum absolute atomic E-state index is 12.1. The van der Waals surface area contributed by atoms with Crippen molar-refractivity contribution >= 4 is 13.4 Å². The summed E-state index contributed by atoms with van der Waals surface area (Å²) in [5.74, 6) is 0.462. The molecule has 0 amide bonds. The molecule has 1 N–H and O–H groups in total. The second kappa shape index (κ2) is 25.1. The lowest BCUT2D eigenvalue weighted by Gasteiger charge is -2.15. The monoisotopic (exact) mass is 534 g/mol. The highest BCUT2D eigenvalue weighted by Crippen LogP contribution is 2.47. The lowest BCUT2D eigenvalue weighted by molar-refractivity contribution is -0.119. The summed E-state index contributed by atoms with van der Waals surface area (Å²) >= 11 is 0. The van der Waals surface area contributed by atoms with E-state index >= 15 is 0 Å². The summed E-state index contributed by atoms with van der Waals surface area (Å²) in [5.41, 5.74) is -0.325. The first-order valence-electron chi connectivity index (χ1n) is 15.4. The van der Waals surface area contributed by atoms with Gasteiger partial charge in [0.05, 0.1) is 18.4 Å². The van der Waals surface area contributed by atoms with Crippen LogP contribution in [-0.2, 0) is 18.6 Å². The zero-order chi connectivity index (χ0) is 26.9. The number of hydrogen-bond acceptors (Lipinski definition) is 4. The van der Waals surface area contributed by atoms with Crippen LogP contribution in [-0.4, -0.2) is 35.7 Å². The molecule has 1 unspecified atom stereocenters. The third kappa shape index (κ3) is 25.4. The van der Waals surface area contributed by atoms with E-state index in [4.69, 9.17) is 9.26 Å². The molecule has 0 saturated carbocycles. The number of Topliss-reactive ketones (excluding diaryl/α,β-unsaturated/α-hetero) is 1. The van der Waals surface area contributed by atoms with Gasteiger partial charge in [-0.3, -0.25) is 9.36 Å². The van der Waals surface area contributed by atoms with Crippen LogP contribution in [0, 0.1) is 0 Å². The van der Waals surface area contributed by atoms with E-state index in [2.05, 4.69) is 13.8 Å². The summed E-state index contributed by atoms with van der Waals surface area (Å²) < 4.78 is 22.4. The molecule has 0 fully saturated rings. The zero-order valence-electron chi connectivity index (χ0n) is 24.4. The summed E-state index contributed by atoms with van der Waals surface area (Å²) in [6.45, 7) is 8.92. The minimum Gasteiger partial charge on any atom is -0.379 e. The molecule has 218 valence electrons. The van der Waals surface area contributed by atoms with Crippen LogP contribution in [0.25, 0.3) is 0 Å². The number of carbonyl (C=O) groups excluding carboxylic acids is 1. The first-order chi connectivity index (χ1) is 17.3. The van der Waals surface area contributed by atoms with E-state index in [0.29, 0.717) is 18.5 Å². The van der Waals surface area contributed by atoms with Crippen LogP contribution in [0.1, 0.15) is 164 Å². The first kappa shape index (κ1) is 35.8. The van der Waals surface area contributed by atoms with Crippen molar-refractivity contribution in [3.05, 3.63) is 0 Å². The van der Waals surface area contributed by atoms with Crippen molar-refractivity contribution in [2.24, 2.45) is 0 Å². The lowest BCUT2D eigenvalue weighted by atomic mass is 10.0. The summed E-state index contributed by atoms with van der Waals surface area (Å²) in [7, 11) is -3.40. The molecule has 0 spiro atoms. The molecule has 6 heteroatoms. The van der Waals surface area contributed by atoms with Gasteiger partial charge in [0.2, 0.25) is 0 Å². The van der Waals surface area contributed by atoms with E-state index < -0.39 is 7.60 Å². The second-order valence-electron chi connectivity index (χ2n) is 11.2. The molecule has 0 aliphatic carbocycles. The minimum atomic E-state index is -3.40. The van der Waals surface area contributed by atoms with E-state index in [1.54, 1.807) is 13.8 Å². The first-order valence-corrected chi connectivity index (χ1v) is 17.0. The maximum atomic E-state index is 12.1. The third-order valence-electron chi connectivity index (χ3n) is 6.83. The van der Waals surface area contributed by atoms with Crippen LogP contribution in [0.5, 0.6) is 0 Å². The van der Waals surface area contributed by atoms with Crippen LogP contribution >= 0.6 is 7.60 Å². The van der Waals surface area contributed by atoms with E-state index in [-0.39, 0.29) is 7.09 Å². The largest absolute Gasteiger partial charge is 0.379 e. The fourth-order valence-electron chi connectivity index (χ4n) is 4.29. The number of ether oxygens (including phenoxy) is 1. The highest BCUT2D eigenvalue weighted by molar-refractivity contribution is 7.53. The van der Waals surface area contributed by atoms with Crippen LogP contribution in [0.4, 0.5) is 0 Å². The van der Waals surface area contributed by atoms with Crippen molar-refractivity contribution in [3.8, 4) is 0 Å². The fraction of sp³-hybridized carbons (Fsp3) is 0.967. The number of hydrogen-bond donors (Lipinski definition) is 1. The normalized spacial score (nSPS) is 13.5. The van der Waals surface area contributed by atoms with Gasteiger partial charge in [0.25, 0.3) is 0 Å². The van der Waals surface area contributed by atoms with Crippen molar-refractivity contribution in [1.82, 2.24) is 0 Å². The summed E-state index contributed by atoms with van der Waals surface area (Å²) in [6, 6.07) is 0. The van der Waals surface area contributed by atoms with Crippen LogP contribution in [0.2, 0.25) is 0 Å². The van der Waals surface area contributed by atoms with Gasteiger partial charge >= 0.3 is 7.60 Å². The Morgan fingerprint density at radius 2 is 0.944 bits per heavy atom. The lowest BCUT2D eigenvalue weighted by Crippen LogP contribution is -2.03. The zero-order valence-corrected chi connectivity index (χ0v) is 25.3. The summed E-state index contributed by atoms with van der Waals surface area (Å²) in [5, 5.41) is 0. The van der Waals surface area contributed by atoms with Gasteiger partial charge in [-0.1, -0.05) is 110 Å². The Morgan fingerprint density at radius 1 is 0.611 bits per heavy atom. The molecule has 0 aromatic carbocycles. The van der Waals surface area contributed by atoms with Gasteiger partial charge in [0.15, 0.2) is 0 Å². The minimum absolute atomic E-state index is 0. The quantitative estimate of drug-likeness (QED) is 0.0798. The van der Waals surface area contributed by atoms with Crippen LogP contribution in [0.15, 0.2) is 0 Å². The van der Waals surface area contributed by atoms with Crippen molar-refractivity contribution in [3.63, 3.8) is 0 Å². The Kier molecular flexibility index (Phi) is 24.9. The topological polar surface area (TPSA) is 72.8 Å². The molecule has 0 aliphatic heterocycles. The van der Waals surface area contributed by atoms with Crippen LogP contribution < -0.4 is 0 Å².